The van der Waals surface area contributed by atoms with Crippen LogP contribution in [0.4, 0.5) is 0 Å². The zero-order valence-corrected chi connectivity index (χ0v) is 13.1. The van der Waals surface area contributed by atoms with Gasteiger partial charge in [0, 0.05) is 5.39 Å². The van der Waals surface area contributed by atoms with Crippen molar-refractivity contribution in [2.75, 3.05) is 0 Å². The number of hydrogen-bond acceptors (Lipinski definition) is 2. The molecule has 3 nitrogen and oxygen atoms in total. The van der Waals surface area contributed by atoms with E-state index in [0.29, 0.717) is 20.2 Å². The quantitative estimate of drug-likeness (QED) is 0.617. The molecular weight excluding hydrogens is 363 g/mol. The number of aromatic nitrogens is 2. The second-order valence-electron chi connectivity index (χ2n) is 4.12. The molecule has 100 valence electrons. The monoisotopic (exact) mass is 368 g/mol. The molecule has 0 amide bonds. The van der Waals surface area contributed by atoms with Crippen LogP contribution in [0, 0.1) is 0 Å². The van der Waals surface area contributed by atoms with Gasteiger partial charge in [-0.05, 0) is 34.1 Å². The number of nitrogens with zero attached hydrogens (tertiary/aromatic N) is 2. The van der Waals surface area contributed by atoms with Crippen LogP contribution in [-0.4, -0.2) is 15.7 Å². The smallest absolute Gasteiger partial charge is 0.267 e. The molecular formula is C14H7BrCl2N2O. The molecule has 0 aliphatic rings. The minimum absolute atomic E-state index is 0.247. The fourth-order valence-corrected chi connectivity index (χ4v) is 3.04. The molecule has 3 rings (SSSR count). The van der Waals surface area contributed by atoms with Crippen molar-refractivity contribution in [1.82, 2.24) is 9.78 Å². The molecule has 0 N–H and O–H groups in total. The van der Waals surface area contributed by atoms with Crippen molar-refractivity contribution in [1.29, 1.82) is 0 Å². The van der Waals surface area contributed by atoms with E-state index >= 15 is 0 Å². The molecule has 0 atom stereocenters. The van der Waals surface area contributed by atoms with E-state index in [1.807, 2.05) is 24.3 Å². The Morgan fingerprint density at radius 2 is 1.70 bits per heavy atom. The number of benzene rings is 2. The Balaban J connectivity index is 2.24. The summed E-state index contributed by atoms with van der Waals surface area (Å²) in [5.74, 6) is -0.359. The minimum atomic E-state index is -0.359. The van der Waals surface area contributed by atoms with Crippen molar-refractivity contribution < 1.29 is 4.79 Å². The Morgan fingerprint density at radius 3 is 2.40 bits per heavy atom. The van der Waals surface area contributed by atoms with Gasteiger partial charge < -0.3 is 0 Å². The average Bonchev–Trinajstić information content (AvgIpc) is 2.76. The maximum atomic E-state index is 12.6. The first kappa shape index (κ1) is 13.6. The molecule has 0 spiro atoms. The topological polar surface area (TPSA) is 34.9 Å². The van der Waals surface area contributed by atoms with Crippen LogP contribution in [0.15, 0.2) is 47.1 Å². The third kappa shape index (κ3) is 2.14. The predicted octanol–water partition coefficient (Wildman–Crippen LogP) is 4.79. The highest BCUT2D eigenvalue weighted by Gasteiger charge is 2.20. The minimum Gasteiger partial charge on any atom is -0.267 e. The zero-order chi connectivity index (χ0) is 14.3. The Kier molecular flexibility index (Phi) is 3.54. The lowest BCUT2D eigenvalue weighted by molar-refractivity contribution is 0.0950. The summed E-state index contributed by atoms with van der Waals surface area (Å²) >= 11 is 15.5. The van der Waals surface area contributed by atoms with Gasteiger partial charge in [-0.2, -0.15) is 9.78 Å². The summed E-state index contributed by atoms with van der Waals surface area (Å²) in [6.45, 7) is 0. The maximum absolute atomic E-state index is 12.6. The molecule has 0 saturated heterocycles. The van der Waals surface area contributed by atoms with Gasteiger partial charge in [0.1, 0.15) is 4.60 Å². The van der Waals surface area contributed by atoms with Crippen LogP contribution in [-0.2, 0) is 0 Å². The summed E-state index contributed by atoms with van der Waals surface area (Å²) in [5, 5.41) is 5.67. The highest BCUT2D eigenvalue weighted by molar-refractivity contribution is 9.10. The lowest BCUT2D eigenvalue weighted by Crippen LogP contribution is -2.14. The SMILES string of the molecule is O=C(c1c(Cl)cccc1Cl)n1nc(Br)c2ccccc21. The molecule has 0 aliphatic carbocycles. The summed E-state index contributed by atoms with van der Waals surface area (Å²) < 4.78 is 1.90. The number of hydrogen-bond donors (Lipinski definition) is 0. The number of halogens is 3. The van der Waals surface area contributed by atoms with Crippen LogP contribution >= 0.6 is 39.1 Å². The van der Waals surface area contributed by atoms with Gasteiger partial charge >= 0.3 is 0 Å². The molecule has 0 saturated carbocycles. The molecule has 20 heavy (non-hydrogen) atoms. The third-order valence-corrected chi connectivity index (χ3v) is 4.13. The molecule has 3 aromatic rings. The Hall–Kier alpha value is -1.36. The summed E-state index contributed by atoms with van der Waals surface area (Å²) in [4.78, 5) is 12.6. The molecule has 6 heteroatoms. The van der Waals surface area contributed by atoms with E-state index in [1.54, 1.807) is 18.2 Å². The van der Waals surface area contributed by atoms with Crippen LogP contribution in [0.5, 0.6) is 0 Å². The van der Waals surface area contributed by atoms with Gasteiger partial charge in [0.25, 0.3) is 5.91 Å². The number of para-hydroxylation sites is 1. The van der Waals surface area contributed by atoms with E-state index in [1.165, 1.54) is 4.68 Å². The molecule has 1 aromatic heterocycles. The normalized spacial score (nSPS) is 10.9. The molecule has 0 fully saturated rings. The van der Waals surface area contributed by atoms with Crippen molar-refractivity contribution in [3.8, 4) is 0 Å². The van der Waals surface area contributed by atoms with Gasteiger partial charge in [-0.25, -0.2) is 0 Å². The summed E-state index contributed by atoms with van der Waals surface area (Å²) in [5.41, 5.74) is 0.942. The molecule has 0 aliphatic heterocycles. The van der Waals surface area contributed by atoms with Crippen molar-refractivity contribution in [3.05, 3.63) is 62.7 Å². The molecule has 0 unspecified atom stereocenters. The van der Waals surface area contributed by atoms with Crippen molar-refractivity contribution in [3.63, 3.8) is 0 Å². The van der Waals surface area contributed by atoms with Crippen LogP contribution in [0.25, 0.3) is 10.9 Å². The van der Waals surface area contributed by atoms with E-state index in [0.717, 1.165) is 5.39 Å². The Bertz CT molecular complexity index is 809. The van der Waals surface area contributed by atoms with Gasteiger partial charge in [-0.3, -0.25) is 4.79 Å². The van der Waals surface area contributed by atoms with Crippen molar-refractivity contribution in [2.45, 2.75) is 0 Å². The van der Waals surface area contributed by atoms with Gasteiger partial charge in [0.15, 0.2) is 0 Å². The average molecular weight is 370 g/mol. The molecule has 0 radical (unpaired) electrons. The Labute approximate surface area is 133 Å². The predicted molar refractivity (Wildman–Crippen MR) is 83.6 cm³/mol. The largest absolute Gasteiger partial charge is 0.281 e. The number of carbonyl (C=O) groups excluding carboxylic acids is 1. The zero-order valence-electron chi connectivity index (χ0n) is 9.98. The van der Waals surface area contributed by atoms with Gasteiger partial charge in [0.2, 0.25) is 0 Å². The van der Waals surface area contributed by atoms with Gasteiger partial charge in [0.05, 0.1) is 21.1 Å². The van der Waals surface area contributed by atoms with Crippen molar-refractivity contribution >= 4 is 55.9 Å². The van der Waals surface area contributed by atoms with Gasteiger partial charge in [-0.1, -0.05) is 47.5 Å². The van der Waals surface area contributed by atoms with Crippen molar-refractivity contribution in [2.24, 2.45) is 0 Å². The molecule has 0 bridgehead atoms. The second-order valence-corrected chi connectivity index (χ2v) is 5.69. The first-order valence-corrected chi connectivity index (χ1v) is 7.26. The number of fused-ring (bicyclic) bond motifs is 1. The standard InChI is InChI=1S/C14H7BrCl2N2O/c15-13-8-4-1-2-7-11(8)19(18-13)14(20)12-9(16)5-3-6-10(12)17/h1-7H. The maximum Gasteiger partial charge on any atom is 0.281 e. The van der Waals surface area contributed by atoms with E-state index in [9.17, 15) is 4.79 Å². The van der Waals surface area contributed by atoms with E-state index < -0.39 is 0 Å². The van der Waals surface area contributed by atoms with Crippen LogP contribution in [0.3, 0.4) is 0 Å². The molecule has 1 heterocycles. The lowest BCUT2D eigenvalue weighted by atomic mass is 10.2. The first-order valence-electron chi connectivity index (χ1n) is 5.71. The Morgan fingerprint density at radius 1 is 1.05 bits per heavy atom. The summed E-state index contributed by atoms with van der Waals surface area (Å²) in [6.07, 6.45) is 0. The van der Waals surface area contributed by atoms with E-state index in [2.05, 4.69) is 21.0 Å². The fourth-order valence-electron chi connectivity index (χ4n) is 1.99. The highest BCUT2D eigenvalue weighted by atomic mass is 79.9. The lowest BCUT2D eigenvalue weighted by Gasteiger charge is -2.06. The van der Waals surface area contributed by atoms with Crippen LogP contribution in [0.1, 0.15) is 10.4 Å². The van der Waals surface area contributed by atoms with Crippen LogP contribution in [0.2, 0.25) is 10.0 Å². The van der Waals surface area contributed by atoms with E-state index in [4.69, 9.17) is 23.2 Å². The van der Waals surface area contributed by atoms with Crippen LogP contribution < -0.4 is 0 Å². The number of rotatable bonds is 1. The second kappa shape index (κ2) is 5.20. The fraction of sp³-hybridized carbons (Fsp3) is 0. The van der Waals surface area contributed by atoms with E-state index in [-0.39, 0.29) is 11.5 Å². The number of carbonyl (C=O) groups is 1. The third-order valence-electron chi connectivity index (χ3n) is 2.91. The molecule has 2 aromatic carbocycles. The highest BCUT2D eigenvalue weighted by Crippen LogP contribution is 2.28. The summed E-state index contributed by atoms with van der Waals surface area (Å²) in [6, 6.07) is 12.4. The van der Waals surface area contributed by atoms with Gasteiger partial charge in [-0.15, -0.1) is 0 Å². The first-order chi connectivity index (χ1) is 9.59. The summed E-state index contributed by atoms with van der Waals surface area (Å²) in [7, 11) is 0.